The van der Waals surface area contributed by atoms with Crippen molar-refractivity contribution in [3.63, 3.8) is 0 Å². The van der Waals surface area contributed by atoms with Gasteiger partial charge in [-0.2, -0.15) is 0 Å². The van der Waals surface area contributed by atoms with Gasteiger partial charge >= 0.3 is 0 Å². The van der Waals surface area contributed by atoms with Crippen LogP contribution in [0.2, 0.25) is 0 Å². The maximum absolute atomic E-state index is 7.24. The number of nitrogens with one attached hydrogen (secondary N) is 1. The molecule has 0 aliphatic heterocycles. The minimum absolute atomic E-state index is 0.0934. The molecule has 0 rings (SSSR count). The maximum Gasteiger partial charge on any atom is 0.187 e. The van der Waals surface area contributed by atoms with Gasteiger partial charge in [0.05, 0.1) is 0 Å². The van der Waals surface area contributed by atoms with Crippen LogP contribution in [-0.2, 0) is 4.74 Å². The fraction of sp³-hybridized carbons (Fsp3) is 0.833. The van der Waals surface area contributed by atoms with Crippen molar-refractivity contribution in [1.82, 2.24) is 0 Å². The molecule has 0 aromatic rings. The Morgan fingerprint density at radius 3 is 2.11 bits per heavy atom. The lowest BCUT2D eigenvalue weighted by Gasteiger charge is -2.18. The standard InChI is InChI=1S/C6H14N2O/c1-6(2,3)5(8)9-4-7/h8H,4,7H2,1-3H3. The predicted octanol–water partition coefficient (Wildman–Crippen LogP) is 0.943. The Bertz CT molecular complexity index is 104. The fourth-order valence-corrected chi connectivity index (χ4v) is 0.300. The van der Waals surface area contributed by atoms with Gasteiger partial charge in [-0.25, -0.2) is 0 Å². The van der Waals surface area contributed by atoms with E-state index >= 15 is 0 Å². The van der Waals surface area contributed by atoms with Crippen molar-refractivity contribution in [3.8, 4) is 0 Å². The van der Waals surface area contributed by atoms with Crippen LogP contribution in [0.4, 0.5) is 0 Å². The second kappa shape index (κ2) is 2.82. The molecular weight excluding hydrogens is 116 g/mol. The lowest BCUT2D eigenvalue weighted by atomic mass is 9.97. The molecule has 3 nitrogen and oxygen atoms in total. The van der Waals surface area contributed by atoms with Crippen LogP contribution in [0, 0.1) is 10.8 Å². The third-order valence-electron chi connectivity index (χ3n) is 0.909. The number of ether oxygens (including phenoxy) is 1. The van der Waals surface area contributed by atoms with Gasteiger partial charge in [0.1, 0.15) is 6.73 Å². The molecule has 0 aliphatic rings. The van der Waals surface area contributed by atoms with Crippen LogP contribution in [0.5, 0.6) is 0 Å². The highest BCUT2D eigenvalue weighted by Crippen LogP contribution is 2.14. The quantitative estimate of drug-likeness (QED) is 0.315. The van der Waals surface area contributed by atoms with Crippen molar-refractivity contribution in [2.24, 2.45) is 11.1 Å². The molecule has 9 heavy (non-hydrogen) atoms. The lowest BCUT2D eigenvalue weighted by Crippen LogP contribution is -2.24. The highest BCUT2D eigenvalue weighted by molar-refractivity contribution is 5.78. The first kappa shape index (κ1) is 8.43. The molecule has 0 aromatic heterocycles. The summed E-state index contributed by atoms with van der Waals surface area (Å²) < 4.78 is 4.77. The monoisotopic (exact) mass is 130 g/mol. The van der Waals surface area contributed by atoms with E-state index in [1.54, 1.807) is 0 Å². The molecule has 54 valence electrons. The first-order valence-electron chi connectivity index (χ1n) is 2.90. The van der Waals surface area contributed by atoms with Gasteiger partial charge in [-0.15, -0.1) is 0 Å². The first-order valence-corrected chi connectivity index (χ1v) is 2.90. The molecule has 0 aromatic carbocycles. The largest absolute Gasteiger partial charge is 0.465 e. The van der Waals surface area contributed by atoms with E-state index in [0.717, 1.165) is 0 Å². The molecule has 0 spiro atoms. The van der Waals surface area contributed by atoms with Gasteiger partial charge in [-0.05, 0) is 0 Å². The molecule has 3 heteroatoms. The topological polar surface area (TPSA) is 59.1 Å². The van der Waals surface area contributed by atoms with Gasteiger partial charge in [-0.1, -0.05) is 20.8 Å². The number of hydrogen-bond acceptors (Lipinski definition) is 3. The Kier molecular flexibility index (Phi) is 2.65. The average molecular weight is 130 g/mol. The zero-order valence-corrected chi connectivity index (χ0v) is 6.19. The van der Waals surface area contributed by atoms with Crippen molar-refractivity contribution < 1.29 is 4.74 Å². The van der Waals surface area contributed by atoms with Crippen LogP contribution in [0.25, 0.3) is 0 Å². The van der Waals surface area contributed by atoms with Gasteiger partial charge in [-0.3, -0.25) is 11.1 Å². The summed E-state index contributed by atoms with van der Waals surface area (Å²) in [5.74, 6) is 0.241. The fourth-order valence-electron chi connectivity index (χ4n) is 0.300. The minimum atomic E-state index is -0.209. The van der Waals surface area contributed by atoms with Gasteiger partial charge in [0.15, 0.2) is 5.90 Å². The first-order chi connectivity index (χ1) is 3.98. The van der Waals surface area contributed by atoms with Crippen molar-refractivity contribution >= 4 is 5.90 Å². The summed E-state index contributed by atoms with van der Waals surface area (Å²) in [5.41, 5.74) is 4.85. The normalized spacial score (nSPS) is 11.1. The molecule has 0 atom stereocenters. The summed E-state index contributed by atoms with van der Waals surface area (Å²) in [5, 5.41) is 7.24. The molecule has 3 N–H and O–H groups in total. The van der Waals surface area contributed by atoms with Gasteiger partial charge in [0.2, 0.25) is 0 Å². The lowest BCUT2D eigenvalue weighted by molar-refractivity contribution is 0.268. The van der Waals surface area contributed by atoms with Crippen LogP contribution in [0.3, 0.4) is 0 Å². The molecule has 0 fully saturated rings. The molecule has 0 amide bonds. The Morgan fingerprint density at radius 2 is 2.00 bits per heavy atom. The molecule has 0 saturated heterocycles. The van der Waals surface area contributed by atoms with E-state index in [2.05, 4.69) is 0 Å². The van der Waals surface area contributed by atoms with E-state index in [-0.39, 0.29) is 18.0 Å². The summed E-state index contributed by atoms with van der Waals surface area (Å²) in [6.45, 7) is 5.82. The van der Waals surface area contributed by atoms with Gasteiger partial charge in [0, 0.05) is 5.41 Å². The molecule has 0 saturated carbocycles. The van der Waals surface area contributed by atoms with Crippen molar-refractivity contribution in [2.75, 3.05) is 6.73 Å². The molecular formula is C6H14N2O. The average Bonchev–Trinajstić information content (AvgIpc) is 1.64. The Balaban J connectivity index is 3.74. The second-order valence-electron chi connectivity index (χ2n) is 2.89. The van der Waals surface area contributed by atoms with Gasteiger partial charge in [0.25, 0.3) is 0 Å². The smallest absolute Gasteiger partial charge is 0.187 e. The van der Waals surface area contributed by atoms with E-state index in [9.17, 15) is 0 Å². The van der Waals surface area contributed by atoms with E-state index in [0.29, 0.717) is 0 Å². The van der Waals surface area contributed by atoms with Crippen molar-refractivity contribution in [3.05, 3.63) is 0 Å². The predicted molar refractivity (Wildman–Crippen MR) is 37.3 cm³/mol. The highest BCUT2D eigenvalue weighted by Gasteiger charge is 2.17. The SMILES string of the molecule is CC(C)(C)C(=N)OCN. The van der Waals surface area contributed by atoms with E-state index in [4.69, 9.17) is 15.9 Å². The third kappa shape index (κ3) is 3.08. The highest BCUT2D eigenvalue weighted by atomic mass is 16.5. The third-order valence-corrected chi connectivity index (χ3v) is 0.909. The molecule has 0 aliphatic carbocycles. The van der Waals surface area contributed by atoms with E-state index in [1.807, 2.05) is 20.8 Å². The van der Waals surface area contributed by atoms with E-state index in [1.165, 1.54) is 0 Å². The van der Waals surface area contributed by atoms with E-state index < -0.39 is 0 Å². The zero-order chi connectivity index (χ0) is 7.49. The van der Waals surface area contributed by atoms with Crippen molar-refractivity contribution in [2.45, 2.75) is 20.8 Å². The summed E-state index contributed by atoms with van der Waals surface area (Å²) in [6, 6.07) is 0. The second-order valence-corrected chi connectivity index (χ2v) is 2.89. The summed E-state index contributed by atoms with van der Waals surface area (Å²) in [6.07, 6.45) is 0. The Morgan fingerprint density at radius 1 is 1.56 bits per heavy atom. The van der Waals surface area contributed by atoms with Crippen LogP contribution < -0.4 is 5.73 Å². The van der Waals surface area contributed by atoms with Crippen LogP contribution in [0.1, 0.15) is 20.8 Å². The maximum atomic E-state index is 7.24. The Hall–Kier alpha value is -0.570. The summed E-state index contributed by atoms with van der Waals surface area (Å²) in [4.78, 5) is 0. The number of rotatable bonds is 1. The zero-order valence-electron chi connectivity index (χ0n) is 6.19. The van der Waals surface area contributed by atoms with Crippen molar-refractivity contribution in [1.29, 1.82) is 5.41 Å². The van der Waals surface area contributed by atoms with Crippen LogP contribution >= 0.6 is 0 Å². The number of nitrogens with two attached hydrogens (primary N) is 1. The molecule has 0 bridgehead atoms. The minimum Gasteiger partial charge on any atom is -0.465 e. The summed E-state index contributed by atoms with van der Waals surface area (Å²) >= 11 is 0. The molecule has 0 unspecified atom stereocenters. The molecule has 0 heterocycles. The Labute approximate surface area is 55.7 Å². The van der Waals surface area contributed by atoms with Crippen LogP contribution in [0.15, 0.2) is 0 Å². The number of hydrogen-bond donors (Lipinski definition) is 2. The molecule has 0 radical (unpaired) electrons. The van der Waals surface area contributed by atoms with Gasteiger partial charge < -0.3 is 4.74 Å². The van der Waals surface area contributed by atoms with Crippen LogP contribution in [-0.4, -0.2) is 12.6 Å². The summed E-state index contributed by atoms with van der Waals surface area (Å²) in [7, 11) is 0.